The Morgan fingerprint density at radius 2 is 2.19 bits per heavy atom. The minimum Gasteiger partial charge on any atom is -0.497 e. The molecule has 27 heavy (non-hydrogen) atoms. The molecular formula is C21H22N2O3S. The minimum absolute atomic E-state index is 0.0257. The number of anilines is 1. The molecule has 0 N–H and O–H groups in total. The molecule has 1 aliphatic rings. The zero-order valence-electron chi connectivity index (χ0n) is 15.3. The van der Waals surface area contributed by atoms with Gasteiger partial charge in [0.2, 0.25) is 5.91 Å². The van der Waals surface area contributed by atoms with E-state index in [-0.39, 0.29) is 12.0 Å². The summed E-state index contributed by atoms with van der Waals surface area (Å²) in [5.74, 6) is 0.781. The van der Waals surface area contributed by atoms with Gasteiger partial charge in [-0.25, -0.2) is 4.98 Å². The fourth-order valence-electron chi connectivity index (χ4n) is 3.31. The van der Waals surface area contributed by atoms with Crippen molar-refractivity contribution >= 4 is 32.6 Å². The average molecular weight is 382 g/mol. The third-order valence-electron chi connectivity index (χ3n) is 4.71. The summed E-state index contributed by atoms with van der Waals surface area (Å²) >= 11 is 1.55. The number of ether oxygens (including phenoxy) is 2. The zero-order valence-corrected chi connectivity index (χ0v) is 16.1. The molecule has 1 atom stereocenters. The summed E-state index contributed by atoms with van der Waals surface area (Å²) in [5.41, 5.74) is 1.85. The van der Waals surface area contributed by atoms with Gasteiger partial charge in [-0.1, -0.05) is 35.6 Å². The van der Waals surface area contributed by atoms with Crippen LogP contribution >= 0.6 is 11.3 Å². The van der Waals surface area contributed by atoms with Crippen LogP contribution in [-0.4, -0.2) is 37.3 Å². The number of para-hydroxylation sites is 1. The van der Waals surface area contributed by atoms with E-state index in [9.17, 15) is 4.79 Å². The van der Waals surface area contributed by atoms with Crippen molar-refractivity contribution in [2.24, 2.45) is 0 Å². The smallest absolute Gasteiger partial charge is 0.233 e. The van der Waals surface area contributed by atoms with Gasteiger partial charge in [0.05, 0.1) is 36.4 Å². The second-order valence-corrected chi connectivity index (χ2v) is 7.64. The van der Waals surface area contributed by atoms with Crippen molar-refractivity contribution in [1.82, 2.24) is 4.98 Å². The number of carbonyl (C=O) groups excluding carboxylic acids is 1. The lowest BCUT2D eigenvalue weighted by Crippen LogP contribution is -2.38. The summed E-state index contributed by atoms with van der Waals surface area (Å²) in [6.45, 7) is 1.31. The highest BCUT2D eigenvalue weighted by atomic mass is 32.1. The van der Waals surface area contributed by atoms with E-state index in [1.165, 1.54) is 0 Å². The van der Waals surface area contributed by atoms with Crippen molar-refractivity contribution in [3.8, 4) is 5.75 Å². The van der Waals surface area contributed by atoms with Gasteiger partial charge in [0, 0.05) is 6.61 Å². The van der Waals surface area contributed by atoms with Crippen molar-refractivity contribution in [1.29, 1.82) is 0 Å². The number of benzene rings is 2. The van der Waals surface area contributed by atoms with Gasteiger partial charge in [0.15, 0.2) is 5.13 Å². The highest BCUT2D eigenvalue weighted by molar-refractivity contribution is 7.22. The molecule has 1 fully saturated rings. The Hall–Kier alpha value is -2.44. The molecule has 0 spiro atoms. The predicted octanol–water partition coefficient (Wildman–Crippen LogP) is 4.06. The quantitative estimate of drug-likeness (QED) is 0.645. The number of fused-ring (bicyclic) bond motifs is 1. The van der Waals surface area contributed by atoms with Gasteiger partial charge in [0.1, 0.15) is 5.75 Å². The molecule has 6 heteroatoms. The van der Waals surface area contributed by atoms with Gasteiger partial charge in [-0.2, -0.15) is 0 Å². The van der Waals surface area contributed by atoms with Crippen molar-refractivity contribution < 1.29 is 14.3 Å². The van der Waals surface area contributed by atoms with Crippen LogP contribution in [-0.2, 0) is 16.0 Å². The predicted molar refractivity (Wildman–Crippen MR) is 108 cm³/mol. The topological polar surface area (TPSA) is 51.7 Å². The van der Waals surface area contributed by atoms with Crippen LogP contribution in [0.25, 0.3) is 10.2 Å². The van der Waals surface area contributed by atoms with Gasteiger partial charge in [0.25, 0.3) is 0 Å². The normalized spacial score (nSPS) is 16.6. The van der Waals surface area contributed by atoms with E-state index in [4.69, 9.17) is 14.5 Å². The average Bonchev–Trinajstić information content (AvgIpc) is 3.35. The van der Waals surface area contributed by atoms with Crippen LogP contribution in [0.2, 0.25) is 0 Å². The molecule has 2 aromatic carbocycles. The minimum atomic E-state index is 0.0257. The maximum absolute atomic E-state index is 13.2. The summed E-state index contributed by atoms with van der Waals surface area (Å²) in [6, 6.07) is 15.6. The number of amides is 1. The molecule has 0 radical (unpaired) electrons. The molecule has 0 aliphatic carbocycles. The Balaban J connectivity index is 1.60. The highest BCUT2D eigenvalue weighted by Gasteiger charge is 2.26. The molecule has 2 heterocycles. The van der Waals surface area contributed by atoms with Crippen molar-refractivity contribution in [3.63, 3.8) is 0 Å². The number of hydrogen-bond acceptors (Lipinski definition) is 5. The Bertz CT molecular complexity index is 901. The Labute approximate surface area is 162 Å². The third kappa shape index (κ3) is 4.12. The SMILES string of the molecule is COc1cccc(CC(=O)N(C[C@@H]2CCCO2)c2nc3ccccc3s2)c1. The molecule has 1 saturated heterocycles. The van der Waals surface area contributed by atoms with Gasteiger partial charge in [-0.3, -0.25) is 9.69 Å². The van der Waals surface area contributed by atoms with Crippen LogP contribution in [0.1, 0.15) is 18.4 Å². The Morgan fingerprint density at radius 1 is 1.30 bits per heavy atom. The lowest BCUT2D eigenvalue weighted by Gasteiger charge is -2.23. The number of carbonyl (C=O) groups is 1. The second kappa shape index (κ2) is 8.06. The first-order valence-corrected chi connectivity index (χ1v) is 9.95. The van der Waals surface area contributed by atoms with Crippen molar-refractivity contribution in [2.75, 3.05) is 25.2 Å². The second-order valence-electron chi connectivity index (χ2n) is 6.63. The maximum atomic E-state index is 13.2. The molecule has 0 bridgehead atoms. The van der Waals surface area contributed by atoms with E-state index in [0.717, 1.165) is 46.1 Å². The van der Waals surface area contributed by atoms with E-state index in [2.05, 4.69) is 0 Å². The highest BCUT2D eigenvalue weighted by Crippen LogP contribution is 2.30. The summed E-state index contributed by atoms with van der Waals surface area (Å²) in [7, 11) is 1.63. The van der Waals surface area contributed by atoms with Crippen molar-refractivity contribution in [2.45, 2.75) is 25.4 Å². The summed E-state index contributed by atoms with van der Waals surface area (Å²) in [5, 5.41) is 0.736. The molecule has 5 nitrogen and oxygen atoms in total. The summed E-state index contributed by atoms with van der Waals surface area (Å²) in [6.07, 6.45) is 2.40. The zero-order chi connectivity index (χ0) is 18.6. The Morgan fingerprint density at radius 3 is 2.96 bits per heavy atom. The fraction of sp³-hybridized carbons (Fsp3) is 0.333. The molecule has 0 saturated carbocycles. The van der Waals surface area contributed by atoms with Crippen LogP contribution < -0.4 is 9.64 Å². The van der Waals surface area contributed by atoms with E-state index >= 15 is 0 Å². The fourth-order valence-corrected chi connectivity index (χ4v) is 4.30. The number of methoxy groups -OCH3 is 1. The lowest BCUT2D eigenvalue weighted by atomic mass is 10.1. The Kier molecular flexibility index (Phi) is 5.36. The van der Waals surface area contributed by atoms with Gasteiger partial charge >= 0.3 is 0 Å². The molecule has 140 valence electrons. The first kappa shape index (κ1) is 17.9. The molecule has 1 aliphatic heterocycles. The van der Waals surface area contributed by atoms with Crippen LogP contribution in [0.3, 0.4) is 0 Å². The first-order chi connectivity index (χ1) is 13.2. The van der Waals surface area contributed by atoms with Crippen LogP contribution in [0.15, 0.2) is 48.5 Å². The van der Waals surface area contributed by atoms with Crippen LogP contribution in [0.5, 0.6) is 5.75 Å². The van der Waals surface area contributed by atoms with Crippen LogP contribution in [0, 0.1) is 0 Å². The van der Waals surface area contributed by atoms with Gasteiger partial charge in [-0.15, -0.1) is 0 Å². The van der Waals surface area contributed by atoms with Gasteiger partial charge < -0.3 is 9.47 Å². The molecule has 1 aromatic heterocycles. The molecular weight excluding hydrogens is 360 g/mol. The standard InChI is InChI=1S/C21H22N2O3S/c1-25-16-7-4-6-15(12-16)13-20(24)23(14-17-8-5-11-26-17)21-22-18-9-2-3-10-19(18)27-21/h2-4,6-7,9-10,12,17H,5,8,11,13-14H2,1H3/t17-/m0/s1. The van der Waals surface area contributed by atoms with E-state index < -0.39 is 0 Å². The summed E-state index contributed by atoms with van der Waals surface area (Å²) in [4.78, 5) is 19.7. The molecule has 3 aromatic rings. The van der Waals surface area contributed by atoms with Crippen molar-refractivity contribution in [3.05, 3.63) is 54.1 Å². The third-order valence-corrected chi connectivity index (χ3v) is 5.77. The first-order valence-electron chi connectivity index (χ1n) is 9.13. The largest absolute Gasteiger partial charge is 0.497 e. The maximum Gasteiger partial charge on any atom is 0.233 e. The van der Waals surface area contributed by atoms with Crippen LogP contribution in [0.4, 0.5) is 5.13 Å². The van der Waals surface area contributed by atoms with E-state index in [1.54, 1.807) is 23.3 Å². The molecule has 0 unspecified atom stereocenters. The number of thiazole rings is 1. The summed E-state index contributed by atoms with van der Waals surface area (Å²) < 4.78 is 12.1. The number of hydrogen-bond donors (Lipinski definition) is 0. The molecule has 4 rings (SSSR count). The van der Waals surface area contributed by atoms with Gasteiger partial charge in [-0.05, 0) is 42.7 Å². The lowest BCUT2D eigenvalue weighted by molar-refractivity contribution is -0.118. The van der Waals surface area contributed by atoms with E-state index in [0.29, 0.717) is 13.0 Å². The number of aromatic nitrogens is 1. The number of nitrogens with zero attached hydrogens (tertiary/aromatic N) is 2. The van der Waals surface area contributed by atoms with E-state index in [1.807, 2.05) is 48.5 Å². The molecule has 1 amide bonds. The number of rotatable bonds is 6. The monoisotopic (exact) mass is 382 g/mol.